The average Bonchev–Trinajstić information content (AvgIpc) is 3.06. The minimum atomic E-state index is -1.16. The van der Waals surface area contributed by atoms with Gasteiger partial charge >= 0.3 is 12.1 Å². The summed E-state index contributed by atoms with van der Waals surface area (Å²) in [7, 11) is 0. The molecule has 10 nitrogen and oxygen atoms in total. The number of hydrogen-bond acceptors (Lipinski definition) is 7. The Balaban J connectivity index is 2.17. The van der Waals surface area contributed by atoms with Gasteiger partial charge in [-0.2, -0.15) is 0 Å². The number of aromatic hydroxyl groups is 1. The average molecular weight is 730 g/mol. The fourth-order valence-electron chi connectivity index (χ4n) is 5.98. The van der Waals surface area contributed by atoms with Crippen LogP contribution in [0.4, 0.5) is 4.79 Å². The van der Waals surface area contributed by atoms with E-state index in [2.05, 4.69) is 17.6 Å². The molecule has 53 heavy (non-hydrogen) atoms. The van der Waals surface area contributed by atoms with Crippen LogP contribution in [0.1, 0.15) is 108 Å². The van der Waals surface area contributed by atoms with E-state index in [1.807, 2.05) is 62.4 Å². The number of nitrogens with zero attached hydrogens (tertiary/aromatic N) is 1. The number of amides is 3. The predicted molar refractivity (Wildman–Crippen MR) is 207 cm³/mol. The van der Waals surface area contributed by atoms with Crippen LogP contribution in [-0.2, 0) is 36.7 Å². The van der Waals surface area contributed by atoms with Crippen LogP contribution in [0.25, 0.3) is 0 Å². The van der Waals surface area contributed by atoms with Crippen molar-refractivity contribution in [3.63, 3.8) is 0 Å². The maximum Gasteiger partial charge on any atom is 0.408 e. The van der Waals surface area contributed by atoms with Crippen LogP contribution >= 0.6 is 0 Å². The monoisotopic (exact) mass is 729 g/mol. The van der Waals surface area contributed by atoms with Crippen LogP contribution in [0.2, 0.25) is 0 Å². The zero-order valence-corrected chi connectivity index (χ0v) is 33.0. The van der Waals surface area contributed by atoms with E-state index >= 15 is 4.79 Å². The number of unbranched alkanes of at least 4 members (excludes halogenated alkanes) is 3. The number of carbonyl (C=O) groups is 4. The van der Waals surface area contributed by atoms with E-state index in [9.17, 15) is 19.5 Å². The fourth-order valence-corrected chi connectivity index (χ4v) is 5.98. The lowest BCUT2D eigenvalue weighted by atomic mass is 9.93. The van der Waals surface area contributed by atoms with E-state index in [1.165, 1.54) is 17.0 Å². The van der Waals surface area contributed by atoms with Gasteiger partial charge in [-0.3, -0.25) is 9.59 Å². The molecular weight excluding hydrogens is 670 g/mol. The first-order valence-electron chi connectivity index (χ1n) is 18.6. The highest BCUT2D eigenvalue weighted by Gasteiger charge is 2.39. The highest BCUT2D eigenvalue weighted by atomic mass is 16.6. The quantitative estimate of drug-likeness (QED) is 0.102. The Kier molecular flexibility index (Phi) is 15.5. The smallest absolute Gasteiger partial charge is 0.408 e. The predicted octanol–water partition coefficient (Wildman–Crippen LogP) is 7.66. The minimum absolute atomic E-state index is 0.0657. The molecule has 3 rings (SSSR count). The highest BCUT2D eigenvalue weighted by Crippen LogP contribution is 2.29. The van der Waals surface area contributed by atoms with Gasteiger partial charge in [0.25, 0.3) is 0 Å². The molecule has 0 heterocycles. The van der Waals surface area contributed by atoms with E-state index in [-0.39, 0.29) is 25.1 Å². The summed E-state index contributed by atoms with van der Waals surface area (Å²) in [5.41, 5.74) is 2.24. The molecule has 0 radical (unpaired) electrons. The second-order valence-electron chi connectivity index (χ2n) is 15.6. The molecule has 0 fully saturated rings. The third-order valence-electron chi connectivity index (χ3n) is 8.69. The number of rotatable bonds is 16. The van der Waals surface area contributed by atoms with Crippen molar-refractivity contribution in [3.05, 3.63) is 101 Å². The lowest BCUT2D eigenvalue weighted by Gasteiger charge is -2.36. The Labute approximate surface area is 315 Å². The molecule has 3 amide bonds. The van der Waals surface area contributed by atoms with E-state index < -0.39 is 53.2 Å². The molecule has 0 aliphatic carbocycles. The molecule has 10 heteroatoms. The van der Waals surface area contributed by atoms with Crippen molar-refractivity contribution in [2.45, 2.75) is 130 Å². The number of phenolic OH excluding ortho intramolecular Hbond substituents is 1. The third-order valence-corrected chi connectivity index (χ3v) is 8.69. The molecule has 0 saturated carbocycles. The molecule has 3 N–H and O–H groups in total. The van der Waals surface area contributed by atoms with Crippen molar-refractivity contribution in [1.29, 1.82) is 0 Å². The second kappa shape index (κ2) is 19.3. The second-order valence-corrected chi connectivity index (χ2v) is 15.6. The lowest BCUT2D eigenvalue weighted by molar-refractivity contribution is -0.159. The molecule has 0 aliphatic rings. The number of ether oxygens (including phenoxy) is 2. The summed E-state index contributed by atoms with van der Waals surface area (Å²) in [4.78, 5) is 58.4. The van der Waals surface area contributed by atoms with Gasteiger partial charge in [-0.05, 0) is 102 Å². The number of benzene rings is 3. The number of carbonyl (C=O) groups excluding carboxylic acids is 4. The Morgan fingerprint density at radius 2 is 1.32 bits per heavy atom. The molecule has 0 aliphatic heterocycles. The van der Waals surface area contributed by atoms with Crippen LogP contribution in [0.5, 0.6) is 5.75 Å². The number of aryl methyl sites for hydroxylation is 1. The van der Waals surface area contributed by atoms with Gasteiger partial charge in [0.2, 0.25) is 11.8 Å². The van der Waals surface area contributed by atoms with E-state index in [4.69, 9.17) is 9.47 Å². The molecule has 3 aromatic rings. The van der Waals surface area contributed by atoms with E-state index in [0.29, 0.717) is 17.5 Å². The number of nitrogens with one attached hydrogen (secondary N) is 2. The Bertz CT molecular complexity index is 1660. The van der Waals surface area contributed by atoms with Gasteiger partial charge in [0, 0.05) is 19.4 Å². The summed E-state index contributed by atoms with van der Waals surface area (Å²) in [5, 5.41) is 15.7. The molecule has 288 valence electrons. The first-order chi connectivity index (χ1) is 24.9. The van der Waals surface area contributed by atoms with Crippen molar-refractivity contribution in [3.8, 4) is 5.75 Å². The lowest BCUT2D eigenvalue weighted by Crippen LogP contribution is -2.55. The van der Waals surface area contributed by atoms with Crippen LogP contribution < -0.4 is 10.6 Å². The highest BCUT2D eigenvalue weighted by molar-refractivity contribution is 5.94. The Morgan fingerprint density at radius 3 is 1.92 bits per heavy atom. The summed E-state index contributed by atoms with van der Waals surface area (Å²) in [6.45, 7) is 16.7. The Morgan fingerprint density at radius 1 is 0.717 bits per heavy atom. The van der Waals surface area contributed by atoms with E-state index in [1.54, 1.807) is 53.7 Å². The molecule has 0 spiro atoms. The van der Waals surface area contributed by atoms with Crippen LogP contribution in [0.3, 0.4) is 0 Å². The summed E-state index contributed by atoms with van der Waals surface area (Å²) in [6.07, 6.45) is 2.79. The molecular formula is C43H59N3O7. The minimum Gasteiger partial charge on any atom is -0.508 e. The topological polar surface area (TPSA) is 134 Å². The number of hydrogen-bond donors (Lipinski definition) is 3. The van der Waals surface area contributed by atoms with Crippen LogP contribution in [0.15, 0.2) is 72.8 Å². The van der Waals surface area contributed by atoms with Gasteiger partial charge in [-0.15, -0.1) is 0 Å². The number of alkyl carbamates (subject to hydrolysis) is 1. The number of esters is 1. The first-order valence-corrected chi connectivity index (χ1v) is 18.6. The summed E-state index contributed by atoms with van der Waals surface area (Å²) < 4.78 is 11.4. The largest absolute Gasteiger partial charge is 0.508 e. The maximum absolute atomic E-state index is 15.0. The van der Waals surface area contributed by atoms with Crippen LogP contribution in [-0.4, -0.2) is 63.7 Å². The third kappa shape index (κ3) is 13.9. The van der Waals surface area contributed by atoms with Gasteiger partial charge in [-0.1, -0.05) is 86.8 Å². The summed E-state index contributed by atoms with van der Waals surface area (Å²) in [5.74, 6) is -1.56. The Hall–Kier alpha value is -4.86. The number of phenols is 1. The summed E-state index contributed by atoms with van der Waals surface area (Å²) >= 11 is 0. The van der Waals surface area contributed by atoms with Crippen molar-refractivity contribution < 1.29 is 33.8 Å². The molecule has 3 unspecified atom stereocenters. The SMILES string of the molecule is CCCCCCN(C(=O)C(Cc1ccc(O)cc1)NC(=O)OC(C)(C)C)C(C(=O)NC(Cc1ccccc1)C(=O)OC(C)(C)C)c1cccc(C)c1C. The van der Waals surface area contributed by atoms with Gasteiger partial charge in [0.15, 0.2) is 0 Å². The fraction of sp³-hybridized carbons (Fsp3) is 0.488. The molecule has 0 saturated heterocycles. The van der Waals surface area contributed by atoms with Crippen molar-refractivity contribution >= 4 is 23.9 Å². The van der Waals surface area contributed by atoms with E-state index in [0.717, 1.165) is 36.0 Å². The molecule has 0 bridgehead atoms. The zero-order valence-electron chi connectivity index (χ0n) is 33.0. The zero-order chi connectivity index (χ0) is 39.3. The normalized spacial score (nSPS) is 13.3. The van der Waals surface area contributed by atoms with Gasteiger partial charge in [-0.25, -0.2) is 9.59 Å². The van der Waals surface area contributed by atoms with Crippen LogP contribution in [0, 0.1) is 13.8 Å². The first kappa shape index (κ1) is 42.6. The van der Waals surface area contributed by atoms with Crippen molar-refractivity contribution in [1.82, 2.24) is 15.5 Å². The molecule has 3 aromatic carbocycles. The van der Waals surface area contributed by atoms with Crippen molar-refractivity contribution in [2.24, 2.45) is 0 Å². The maximum atomic E-state index is 15.0. The van der Waals surface area contributed by atoms with Gasteiger partial charge < -0.3 is 30.1 Å². The summed E-state index contributed by atoms with van der Waals surface area (Å²) in [6, 6.07) is 18.0. The van der Waals surface area contributed by atoms with Gasteiger partial charge in [0.05, 0.1) is 0 Å². The van der Waals surface area contributed by atoms with Gasteiger partial charge in [0.1, 0.15) is 35.1 Å². The molecule has 3 atom stereocenters. The molecule has 0 aromatic heterocycles. The standard InChI is InChI=1S/C43H59N3O7/c1-10-11-12-16-26-46(39(49)35(45-41(51)53-43(7,8)9)27-32-22-24-33(47)25-23-32)37(34-21-17-18-29(2)30(34)3)38(48)44-36(40(50)52-42(4,5)6)28-31-19-14-13-15-20-31/h13-15,17-25,35-37,47H,10-12,16,26-28H2,1-9H3,(H,44,48)(H,45,51). The van der Waals surface area contributed by atoms with Crippen molar-refractivity contribution in [2.75, 3.05) is 6.54 Å².